The SMILES string of the molecule is COc1ccc(C(=O)N2CCN(c3cc(Nc4cc(C)ccn4)nc(C)n3)CC2)cn1. The molecule has 1 amide bonds. The summed E-state index contributed by atoms with van der Waals surface area (Å²) in [5.74, 6) is 3.42. The monoisotopic (exact) mass is 419 g/mol. The summed E-state index contributed by atoms with van der Waals surface area (Å²) in [5.41, 5.74) is 1.68. The molecule has 1 fully saturated rings. The first kappa shape index (κ1) is 20.5. The molecule has 31 heavy (non-hydrogen) atoms. The number of aryl methyl sites for hydroxylation is 2. The lowest BCUT2D eigenvalue weighted by Crippen LogP contribution is -2.49. The first-order valence-corrected chi connectivity index (χ1v) is 10.1. The van der Waals surface area contributed by atoms with E-state index in [1.165, 1.54) is 0 Å². The third-order valence-electron chi connectivity index (χ3n) is 5.08. The molecule has 0 radical (unpaired) electrons. The van der Waals surface area contributed by atoms with Crippen molar-refractivity contribution in [3.05, 3.63) is 59.7 Å². The van der Waals surface area contributed by atoms with Gasteiger partial charge < -0.3 is 19.9 Å². The van der Waals surface area contributed by atoms with E-state index in [9.17, 15) is 4.79 Å². The first-order chi connectivity index (χ1) is 15.0. The molecule has 0 atom stereocenters. The van der Waals surface area contributed by atoms with Gasteiger partial charge in [0.1, 0.15) is 23.3 Å². The number of aromatic nitrogens is 4. The quantitative estimate of drug-likeness (QED) is 0.674. The number of pyridine rings is 2. The van der Waals surface area contributed by atoms with E-state index in [0.29, 0.717) is 49.3 Å². The number of hydrogen-bond donors (Lipinski definition) is 1. The van der Waals surface area contributed by atoms with Gasteiger partial charge in [-0.3, -0.25) is 4.79 Å². The highest BCUT2D eigenvalue weighted by Gasteiger charge is 2.23. The van der Waals surface area contributed by atoms with Gasteiger partial charge in [-0.15, -0.1) is 0 Å². The van der Waals surface area contributed by atoms with E-state index in [1.807, 2.05) is 36.9 Å². The Morgan fingerprint density at radius 2 is 1.81 bits per heavy atom. The van der Waals surface area contributed by atoms with Crippen LogP contribution in [0.5, 0.6) is 5.88 Å². The van der Waals surface area contributed by atoms with Crippen molar-refractivity contribution in [1.82, 2.24) is 24.8 Å². The summed E-state index contributed by atoms with van der Waals surface area (Å²) in [5, 5.41) is 3.25. The second-order valence-corrected chi connectivity index (χ2v) is 7.37. The van der Waals surface area contributed by atoms with Crippen molar-refractivity contribution in [3.63, 3.8) is 0 Å². The molecule has 160 valence electrons. The van der Waals surface area contributed by atoms with Crippen LogP contribution in [0, 0.1) is 13.8 Å². The fourth-order valence-electron chi connectivity index (χ4n) is 3.46. The van der Waals surface area contributed by atoms with Gasteiger partial charge in [-0.2, -0.15) is 0 Å². The maximum atomic E-state index is 12.8. The molecule has 0 bridgehead atoms. The molecular weight excluding hydrogens is 394 g/mol. The lowest BCUT2D eigenvalue weighted by atomic mass is 10.2. The number of rotatable bonds is 5. The van der Waals surface area contributed by atoms with E-state index >= 15 is 0 Å². The Balaban J connectivity index is 1.42. The maximum Gasteiger partial charge on any atom is 0.255 e. The molecule has 3 aromatic rings. The molecule has 0 aliphatic carbocycles. The maximum absolute atomic E-state index is 12.8. The minimum atomic E-state index is -0.0263. The van der Waals surface area contributed by atoms with Crippen LogP contribution >= 0.6 is 0 Å². The summed E-state index contributed by atoms with van der Waals surface area (Å²) in [4.78, 5) is 34.3. The highest BCUT2D eigenvalue weighted by molar-refractivity contribution is 5.94. The highest BCUT2D eigenvalue weighted by atomic mass is 16.5. The first-order valence-electron chi connectivity index (χ1n) is 10.1. The van der Waals surface area contributed by atoms with Gasteiger partial charge in [0, 0.05) is 50.7 Å². The lowest BCUT2D eigenvalue weighted by molar-refractivity contribution is 0.0746. The average Bonchev–Trinajstić information content (AvgIpc) is 2.78. The molecule has 9 heteroatoms. The largest absolute Gasteiger partial charge is 0.481 e. The standard InChI is InChI=1S/C22H25N7O2/c1-15-6-7-23-18(12-15)27-19-13-20(26-16(2)25-19)28-8-10-29(11-9-28)22(30)17-4-5-21(31-3)24-14-17/h4-7,12-14H,8-11H2,1-3H3,(H,23,25,26,27). The Kier molecular flexibility index (Phi) is 5.92. The Morgan fingerprint density at radius 1 is 1.00 bits per heavy atom. The highest BCUT2D eigenvalue weighted by Crippen LogP contribution is 2.21. The summed E-state index contributed by atoms with van der Waals surface area (Å²) in [6, 6.07) is 9.28. The summed E-state index contributed by atoms with van der Waals surface area (Å²) in [6.45, 7) is 6.48. The number of nitrogens with one attached hydrogen (secondary N) is 1. The summed E-state index contributed by atoms with van der Waals surface area (Å²) in [7, 11) is 1.55. The van der Waals surface area contributed by atoms with Gasteiger partial charge in [-0.1, -0.05) is 0 Å². The van der Waals surface area contributed by atoms with E-state index in [2.05, 4.69) is 30.2 Å². The molecule has 4 heterocycles. The number of piperazine rings is 1. The fourth-order valence-corrected chi connectivity index (χ4v) is 3.46. The fraction of sp³-hybridized carbons (Fsp3) is 0.318. The predicted molar refractivity (Wildman–Crippen MR) is 118 cm³/mol. The molecule has 0 spiro atoms. The van der Waals surface area contributed by atoms with E-state index in [4.69, 9.17) is 4.74 Å². The molecule has 0 unspecified atom stereocenters. The Hall–Kier alpha value is -3.75. The second kappa shape index (κ2) is 8.95. The molecular formula is C22H25N7O2. The van der Waals surface area contributed by atoms with E-state index in [-0.39, 0.29) is 5.91 Å². The molecule has 0 saturated carbocycles. The number of carbonyl (C=O) groups excluding carboxylic acids is 1. The zero-order valence-electron chi connectivity index (χ0n) is 17.9. The van der Waals surface area contributed by atoms with Crippen LogP contribution < -0.4 is 15.0 Å². The van der Waals surface area contributed by atoms with E-state index < -0.39 is 0 Å². The van der Waals surface area contributed by atoms with Crippen LogP contribution in [-0.2, 0) is 0 Å². The molecule has 3 aromatic heterocycles. The van der Waals surface area contributed by atoms with Gasteiger partial charge in [0.05, 0.1) is 12.7 Å². The van der Waals surface area contributed by atoms with Crippen molar-refractivity contribution in [3.8, 4) is 5.88 Å². The van der Waals surface area contributed by atoms with Gasteiger partial charge >= 0.3 is 0 Å². The number of hydrogen-bond acceptors (Lipinski definition) is 8. The Morgan fingerprint density at radius 3 is 2.48 bits per heavy atom. The normalized spacial score (nSPS) is 13.8. The number of nitrogens with zero attached hydrogens (tertiary/aromatic N) is 6. The van der Waals surface area contributed by atoms with Crippen LogP contribution in [0.1, 0.15) is 21.7 Å². The number of methoxy groups -OCH3 is 1. The van der Waals surface area contributed by atoms with Crippen molar-refractivity contribution in [2.75, 3.05) is 43.5 Å². The van der Waals surface area contributed by atoms with Gasteiger partial charge in [-0.05, 0) is 37.6 Å². The third-order valence-corrected chi connectivity index (χ3v) is 5.08. The Bertz CT molecular complexity index is 1060. The number of carbonyl (C=O) groups is 1. The van der Waals surface area contributed by atoms with Crippen molar-refractivity contribution >= 4 is 23.4 Å². The van der Waals surface area contributed by atoms with Crippen LogP contribution in [0.25, 0.3) is 0 Å². The number of anilines is 3. The van der Waals surface area contributed by atoms with Crippen LogP contribution in [0.3, 0.4) is 0 Å². The third kappa shape index (κ3) is 4.88. The number of amides is 1. The second-order valence-electron chi connectivity index (χ2n) is 7.37. The van der Waals surface area contributed by atoms with Crippen molar-refractivity contribution in [2.45, 2.75) is 13.8 Å². The lowest BCUT2D eigenvalue weighted by Gasteiger charge is -2.35. The van der Waals surface area contributed by atoms with Crippen molar-refractivity contribution in [2.24, 2.45) is 0 Å². The predicted octanol–water partition coefficient (Wildman–Crippen LogP) is 2.60. The van der Waals surface area contributed by atoms with Gasteiger partial charge in [0.25, 0.3) is 5.91 Å². The average molecular weight is 419 g/mol. The topological polar surface area (TPSA) is 96.4 Å². The summed E-state index contributed by atoms with van der Waals surface area (Å²) >= 11 is 0. The summed E-state index contributed by atoms with van der Waals surface area (Å²) < 4.78 is 5.06. The molecule has 1 aliphatic heterocycles. The van der Waals surface area contributed by atoms with Gasteiger partial charge in [0.15, 0.2) is 0 Å². The van der Waals surface area contributed by atoms with Gasteiger partial charge in [0.2, 0.25) is 5.88 Å². The smallest absolute Gasteiger partial charge is 0.255 e. The molecule has 4 rings (SSSR count). The van der Waals surface area contributed by atoms with Crippen LogP contribution in [0.4, 0.5) is 17.5 Å². The summed E-state index contributed by atoms with van der Waals surface area (Å²) in [6.07, 6.45) is 3.32. The number of ether oxygens (including phenoxy) is 1. The zero-order valence-corrected chi connectivity index (χ0v) is 17.9. The minimum absolute atomic E-state index is 0.0263. The van der Waals surface area contributed by atoms with Crippen molar-refractivity contribution < 1.29 is 9.53 Å². The van der Waals surface area contributed by atoms with Gasteiger partial charge in [-0.25, -0.2) is 19.9 Å². The molecule has 1 N–H and O–H groups in total. The minimum Gasteiger partial charge on any atom is -0.481 e. The Labute approximate surface area is 181 Å². The van der Waals surface area contributed by atoms with Crippen LogP contribution in [0.15, 0.2) is 42.7 Å². The van der Waals surface area contributed by atoms with Crippen LogP contribution in [-0.4, -0.2) is 64.0 Å². The van der Waals surface area contributed by atoms with E-state index in [1.54, 1.807) is 31.6 Å². The molecule has 0 aromatic carbocycles. The zero-order chi connectivity index (χ0) is 21.8. The van der Waals surface area contributed by atoms with E-state index in [0.717, 1.165) is 17.2 Å². The molecule has 9 nitrogen and oxygen atoms in total. The molecule has 1 aliphatic rings. The van der Waals surface area contributed by atoms with Crippen molar-refractivity contribution in [1.29, 1.82) is 0 Å². The van der Waals surface area contributed by atoms with Crippen LogP contribution in [0.2, 0.25) is 0 Å². The molecule has 1 saturated heterocycles.